The van der Waals surface area contributed by atoms with Gasteiger partial charge in [-0.2, -0.15) is 0 Å². The highest BCUT2D eigenvalue weighted by Gasteiger charge is 2.16. The standard InChI is InChI=1S/C12H24N2O/c1-10(13-2)12(15)14-11-8-6-4-3-5-7-9-11/h10-11,13H,3-9H2,1-2H3,(H,14,15). The van der Waals surface area contributed by atoms with Crippen molar-refractivity contribution in [2.24, 2.45) is 0 Å². The Labute approximate surface area is 93.0 Å². The first-order valence-corrected chi connectivity index (χ1v) is 6.21. The Morgan fingerprint density at radius 1 is 1.13 bits per heavy atom. The number of amides is 1. The first kappa shape index (κ1) is 12.5. The van der Waals surface area contributed by atoms with Crippen LogP contribution in [0.2, 0.25) is 0 Å². The number of carbonyl (C=O) groups is 1. The lowest BCUT2D eigenvalue weighted by Gasteiger charge is -2.22. The molecular formula is C12H24N2O. The molecule has 1 unspecified atom stereocenters. The molecule has 2 N–H and O–H groups in total. The fraction of sp³-hybridized carbons (Fsp3) is 0.917. The monoisotopic (exact) mass is 212 g/mol. The molecule has 0 spiro atoms. The zero-order chi connectivity index (χ0) is 11.1. The Morgan fingerprint density at radius 3 is 2.20 bits per heavy atom. The van der Waals surface area contributed by atoms with E-state index in [0.717, 1.165) is 12.8 Å². The van der Waals surface area contributed by atoms with Gasteiger partial charge in [-0.05, 0) is 26.8 Å². The minimum atomic E-state index is -0.0737. The average molecular weight is 212 g/mol. The summed E-state index contributed by atoms with van der Waals surface area (Å²) >= 11 is 0. The first-order valence-electron chi connectivity index (χ1n) is 6.21. The van der Waals surface area contributed by atoms with Gasteiger partial charge in [0.2, 0.25) is 5.91 Å². The second-order valence-corrected chi connectivity index (χ2v) is 4.56. The van der Waals surface area contributed by atoms with Crippen molar-refractivity contribution in [2.45, 2.75) is 64.0 Å². The predicted molar refractivity (Wildman–Crippen MR) is 62.8 cm³/mol. The molecule has 15 heavy (non-hydrogen) atoms. The fourth-order valence-electron chi connectivity index (χ4n) is 2.06. The summed E-state index contributed by atoms with van der Waals surface area (Å²) < 4.78 is 0. The Kier molecular flexibility index (Phi) is 5.69. The van der Waals surface area contributed by atoms with E-state index in [1.807, 2.05) is 14.0 Å². The van der Waals surface area contributed by atoms with E-state index in [1.165, 1.54) is 32.1 Å². The smallest absolute Gasteiger partial charge is 0.237 e. The second-order valence-electron chi connectivity index (χ2n) is 4.56. The molecule has 3 heteroatoms. The van der Waals surface area contributed by atoms with Crippen LogP contribution in [-0.4, -0.2) is 25.0 Å². The highest BCUT2D eigenvalue weighted by Crippen LogP contribution is 2.17. The highest BCUT2D eigenvalue weighted by molar-refractivity contribution is 5.81. The zero-order valence-corrected chi connectivity index (χ0v) is 10.0. The molecule has 0 aliphatic heterocycles. The number of likely N-dealkylation sites (N-methyl/N-ethyl adjacent to an activating group) is 1. The molecule has 0 saturated heterocycles. The van der Waals surface area contributed by atoms with Crippen molar-refractivity contribution in [1.29, 1.82) is 0 Å². The van der Waals surface area contributed by atoms with E-state index in [2.05, 4.69) is 10.6 Å². The number of carbonyl (C=O) groups excluding carboxylic acids is 1. The lowest BCUT2D eigenvalue weighted by molar-refractivity contribution is -0.123. The van der Waals surface area contributed by atoms with Gasteiger partial charge in [0.25, 0.3) is 0 Å². The Bertz CT molecular complexity index is 186. The molecule has 88 valence electrons. The molecule has 1 aliphatic carbocycles. The van der Waals surface area contributed by atoms with Gasteiger partial charge < -0.3 is 10.6 Å². The van der Waals surface area contributed by atoms with Crippen LogP contribution in [0.25, 0.3) is 0 Å². The van der Waals surface area contributed by atoms with Crippen molar-refractivity contribution in [2.75, 3.05) is 7.05 Å². The molecule has 3 nitrogen and oxygen atoms in total. The van der Waals surface area contributed by atoms with E-state index < -0.39 is 0 Å². The van der Waals surface area contributed by atoms with Gasteiger partial charge in [0, 0.05) is 6.04 Å². The molecule has 0 aromatic heterocycles. The van der Waals surface area contributed by atoms with Crippen LogP contribution in [0, 0.1) is 0 Å². The van der Waals surface area contributed by atoms with Gasteiger partial charge in [-0.1, -0.05) is 32.1 Å². The summed E-state index contributed by atoms with van der Waals surface area (Å²) in [5, 5.41) is 6.11. The Hall–Kier alpha value is -0.570. The van der Waals surface area contributed by atoms with E-state index in [9.17, 15) is 4.79 Å². The third-order valence-electron chi connectivity index (χ3n) is 3.28. The van der Waals surface area contributed by atoms with Gasteiger partial charge in [0.1, 0.15) is 0 Å². The van der Waals surface area contributed by atoms with Crippen LogP contribution in [0.1, 0.15) is 51.9 Å². The van der Waals surface area contributed by atoms with E-state index in [1.54, 1.807) is 0 Å². The Balaban J connectivity index is 2.31. The molecular weight excluding hydrogens is 188 g/mol. The van der Waals surface area contributed by atoms with E-state index in [4.69, 9.17) is 0 Å². The molecule has 0 aromatic rings. The van der Waals surface area contributed by atoms with Gasteiger partial charge in [-0.15, -0.1) is 0 Å². The van der Waals surface area contributed by atoms with Crippen molar-refractivity contribution in [3.63, 3.8) is 0 Å². The zero-order valence-electron chi connectivity index (χ0n) is 10.0. The quantitative estimate of drug-likeness (QED) is 0.749. The van der Waals surface area contributed by atoms with E-state index >= 15 is 0 Å². The maximum atomic E-state index is 11.7. The molecule has 1 aliphatic rings. The summed E-state index contributed by atoms with van der Waals surface area (Å²) in [6, 6.07) is 0.337. The predicted octanol–water partition coefficient (Wildman–Crippen LogP) is 1.82. The van der Waals surface area contributed by atoms with Crippen molar-refractivity contribution in [3.05, 3.63) is 0 Å². The van der Waals surface area contributed by atoms with Crippen LogP contribution >= 0.6 is 0 Å². The van der Waals surface area contributed by atoms with Gasteiger partial charge in [0.05, 0.1) is 6.04 Å². The van der Waals surface area contributed by atoms with Crippen molar-refractivity contribution in [1.82, 2.24) is 10.6 Å². The van der Waals surface area contributed by atoms with Crippen LogP contribution in [0.4, 0.5) is 0 Å². The summed E-state index contributed by atoms with van der Waals surface area (Å²) in [6.07, 6.45) is 8.86. The summed E-state index contributed by atoms with van der Waals surface area (Å²) in [6.45, 7) is 1.90. The maximum Gasteiger partial charge on any atom is 0.237 e. The maximum absolute atomic E-state index is 11.7. The molecule has 0 bridgehead atoms. The summed E-state index contributed by atoms with van der Waals surface area (Å²) in [5.74, 6) is 0.142. The normalized spacial score (nSPS) is 21.5. The molecule has 1 fully saturated rings. The number of rotatable bonds is 3. The molecule has 1 rings (SSSR count). The number of hydrogen-bond donors (Lipinski definition) is 2. The summed E-state index contributed by atoms with van der Waals surface area (Å²) in [4.78, 5) is 11.7. The average Bonchev–Trinajstić information content (AvgIpc) is 2.20. The molecule has 1 atom stereocenters. The van der Waals surface area contributed by atoms with Crippen molar-refractivity contribution < 1.29 is 4.79 Å². The van der Waals surface area contributed by atoms with E-state index in [0.29, 0.717) is 6.04 Å². The first-order chi connectivity index (χ1) is 7.24. The highest BCUT2D eigenvalue weighted by atomic mass is 16.2. The van der Waals surface area contributed by atoms with Crippen LogP contribution in [0.15, 0.2) is 0 Å². The van der Waals surface area contributed by atoms with Gasteiger partial charge in [-0.3, -0.25) is 4.79 Å². The lowest BCUT2D eigenvalue weighted by atomic mass is 9.96. The van der Waals surface area contributed by atoms with Crippen molar-refractivity contribution in [3.8, 4) is 0 Å². The minimum absolute atomic E-state index is 0.0737. The van der Waals surface area contributed by atoms with Crippen molar-refractivity contribution >= 4 is 5.91 Å². The number of hydrogen-bond acceptors (Lipinski definition) is 2. The largest absolute Gasteiger partial charge is 0.352 e. The molecule has 0 radical (unpaired) electrons. The SMILES string of the molecule is CNC(C)C(=O)NC1CCCCCCC1. The van der Waals surface area contributed by atoms with Gasteiger partial charge in [0.15, 0.2) is 0 Å². The van der Waals surface area contributed by atoms with E-state index in [-0.39, 0.29) is 11.9 Å². The molecule has 0 heterocycles. The Morgan fingerprint density at radius 2 is 1.67 bits per heavy atom. The van der Waals surface area contributed by atoms with Crippen LogP contribution < -0.4 is 10.6 Å². The minimum Gasteiger partial charge on any atom is -0.352 e. The summed E-state index contributed by atoms with van der Waals surface area (Å²) in [5.41, 5.74) is 0. The lowest BCUT2D eigenvalue weighted by Crippen LogP contribution is -2.45. The number of nitrogens with one attached hydrogen (secondary N) is 2. The van der Waals surface area contributed by atoms with Crippen LogP contribution in [-0.2, 0) is 4.79 Å². The molecule has 0 aromatic carbocycles. The van der Waals surface area contributed by atoms with Gasteiger partial charge >= 0.3 is 0 Å². The molecule has 1 saturated carbocycles. The third-order valence-corrected chi connectivity index (χ3v) is 3.28. The van der Waals surface area contributed by atoms with Gasteiger partial charge in [-0.25, -0.2) is 0 Å². The summed E-state index contributed by atoms with van der Waals surface area (Å²) in [7, 11) is 1.82. The second kappa shape index (κ2) is 6.83. The van der Waals surface area contributed by atoms with Crippen LogP contribution in [0.3, 0.4) is 0 Å². The fourth-order valence-corrected chi connectivity index (χ4v) is 2.06. The topological polar surface area (TPSA) is 41.1 Å². The molecule has 1 amide bonds. The van der Waals surface area contributed by atoms with Crippen LogP contribution in [0.5, 0.6) is 0 Å². The third kappa shape index (κ3) is 4.65.